The Morgan fingerprint density at radius 1 is 1.27 bits per heavy atom. The molecule has 1 aliphatic heterocycles. The standard InChI is InChI=1S/C16H23FN2O3/c1-22-15-5-4-13(11-14(15)17)12-19-9-7-18(8-10-19)6-2-3-16(20)21/h4-5,11H,2-3,6-10,12H2,1H3,(H,20,21). The number of carboxylic acid groups (broad SMARTS) is 1. The van der Waals surface area contributed by atoms with Gasteiger partial charge in [0.15, 0.2) is 11.6 Å². The topological polar surface area (TPSA) is 53.0 Å². The molecule has 0 atom stereocenters. The van der Waals surface area contributed by atoms with Crippen molar-refractivity contribution < 1.29 is 19.0 Å². The van der Waals surface area contributed by atoms with Crippen molar-refractivity contribution in [2.75, 3.05) is 39.8 Å². The summed E-state index contributed by atoms with van der Waals surface area (Å²) in [6, 6.07) is 5.08. The molecule has 0 aromatic heterocycles. The Hall–Kier alpha value is -1.66. The van der Waals surface area contributed by atoms with Gasteiger partial charge in [0.2, 0.25) is 0 Å². The lowest BCUT2D eigenvalue weighted by Gasteiger charge is -2.34. The predicted octanol–water partition coefficient (Wildman–Crippen LogP) is 1.82. The van der Waals surface area contributed by atoms with E-state index in [0.29, 0.717) is 6.42 Å². The fraction of sp³-hybridized carbons (Fsp3) is 0.562. The van der Waals surface area contributed by atoms with Crippen LogP contribution in [0.4, 0.5) is 4.39 Å². The van der Waals surface area contributed by atoms with Crippen LogP contribution in [0.5, 0.6) is 5.75 Å². The Morgan fingerprint density at radius 3 is 2.55 bits per heavy atom. The number of hydrogen-bond donors (Lipinski definition) is 1. The van der Waals surface area contributed by atoms with Crippen LogP contribution in [-0.2, 0) is 11.3 Å². The van der Waals surface area contributed by atoms with E-state index in [1.165, 1.54) is 13.2 Å². The fourth-order valence-corrected chi connectivity index (χ4v) is 2.69. The molecule has 1 N–H and O–H groups in total. The van der Waals surface area contributed by atoms with Crippen LogP contribution in [0.3, 0.4) is 0 Å². The molecule has 0 unspecified atom stereocenters. The van der Waals surface area contributed by atoms with Gasteiger partial charge in [-0.15, -0.1) is 0 Å². The number of ether oxygens (including phenoxy) is 1. The first-order valence-corrected chi connectivity index (χ1v) is 7.57. The summed E-state index contributed by atoms with van der Waals surface area (Å²) in [4.78, 5) is 15.1. The lowest BCUT2D eigenvalue weighted by Crippen LogP contribution is -2.46. The molecule has 22 heavy (non-hydrogen) atoms. The summed E-state index contributed by atoms with van der Waals surface area (Å²) in [5, 5.41) is 8.64. The summed E-state index contributed by atoms with van der Waals surface area (Å²) >= 11 is 0. The summed E-state index contributed by atoms with van der Waals surface area (Å²) in [7, 11) is 1.46. The van der Waals surface area contributed by atoms with Gasteiger partial charge >= 0.3 is 5.97 Å². The van der Waals surface area contributed by atoms with Crippen molar-refractivity contribution in [3.63, 3.8) is 0 Å². The van der Waals surface area contributed by atoms with Crippen molar-refractivity contribution in [1.82, 2.24) is 9.80 Å². The number of aliphatic carboxylic acids is 1. The highest BCUT2D eigenvalue weighted by molar-refractivity contribution is 5.66. The third-order valence-corrected chi connectivity index (χ3v) is 3.95. The number of benzene rings is 1. The van der Waals surface area contributed by atoms with Gasteiger partial charge in [-0.2, -0.15) is 0 Å². The fourth-order valence-electron chi connectivity index (χ4n) is 2.69. The van der Waals surface area contributed by atoms with Gasteiger partial charge in [-0.25, -0.2) is 4.39 Å². The Balaban J connectivity index is 1.75. The summed E-state index contributed by atoms with van der Waals surface area (Å²) in [5.74, 6) is -0.792. The number of nitrogens with zero attached hydrogens (tertiary/aromatic N) is 2. The first-order valence-electron chi connectivity index (χ1n) is 7.57. The van der Waals surface area contributed by atoms with E-state index < -0.39 is 5.97 Å². The second-order valence-corrected chi connectivity index (χ2v) is 5.58. The van der Waals surface area contributed by atoms with Gasteiger partial charge in [0.05, 0.1) is 7.11 Å². The second-order valence-electron chi connectivity index (χ2n) is 5.58. The molecule has 0 aliphatic carbocycles. The van der Waals surface area contributed by atoms with Crippen molar-refractivity contribution in [2.45, 2.75) is 19.4 Å². The molecular weight excluding hydrogens is 287 g/mol. The number of methoxy groups -OCH3 is 1. The van der Waals surface area contributed by atoms with Crippen LogP contribution in [0, 0.1) is 5.82 Å². The van der Waals surface area contributed by atoms with Gasteiger partial charge in [0, 0.05) is 39.1 Å². The van der Waals surface area contributed by atoms with Crippen LogP contribution in [0.1, 0.15) is 18.4 Å². The Kier molecular flexibility index (Phi) is 6.15. The summed E-state index contributed by atoms with van der Waals surface area (Å²) in [6.45, 7) is 5.25. The van der Waals surface area contributed by atoms with E-state index in [2.05, 4.69) is 9.80 Å². The minimum absolute atomic E-state index is 0.228. The van der Waals surface area contributed by atoms with Crippen LogP contribution < -0.4 is 4.74 Å². The first kappa shape index (κ1) is 16.7. The van der Waals surface area contributed by atoms with E-state index in [1.54, 1.807) is 6.07 Å². The normalized spacial score (nSPS) is 16.6. The maximum Gasteiger partial charge on any atom is 0.303 e. The number of carbonyl (C=O) groups is 1. The first-order chi connectivity index (χ1) is 10.6. The number of rotatable bonds is 7. The highest BCUT2D eigenvalue weighted by atomic mass is 19.1. The molecule has 1 aliphatic rings. The maximum atomic E-state index is 13.7. The van der Waals surface area contributed by atoms with Crippen molar-refractivity contribution >= 4 is 5.97 Å². The quantitative estimate of drug-likeness (QED) is 0.832. The number of hydrogen-bond acceptors (Lipinski definition) is 4. The SMILES string of the molecule is COc1ccc(CN2CCN(CCCC(=O)O)CC2)cc1F. The molecule has 1 heterocycles. The molecule has 0 radical (unpaired) electrons. The van der Waals surface area contributed by atoms with E-state index in [1.807, 2.05) is 6.07 Å². The van der Waals surface area contributed by atoms with Crippen molar-refractivity contribution in [3.05, 3.63) is 29.6 Å². The smallest absolute Gasteiger partial charge is 0.303 e. The number of carboxylic acids is 1. The lowest BCUT2D eigenvalue weighted by molar-refractivity contribution is -0.137. The van der Waals surface area contributed by atoms with E-state index in [-0.39, 0.29) is 18.0 Å². The van der Waals surface area contributed by atoms with Gasteiger partial charge in [-0.1, -0.05) is 6.07 Å². The minimum atomic E-state index is -0.736. The molecule has 1 aromatic carbocycles. The Labute approximate surface area is 130 Å². The van der Waals surface area contributed by atoms with E-state index >= 15 is 0 Å². The Bertz CT molecular complexity index is 502. The van der Waals surface area contributed by atoms with Crippen LogP contribution in [-0.4, -0.2) is 60.7 Å². The summed E-state index contributed by atoms with van der Waals surface area (Å²) in [5.41, 5.74) is 0.942. The predicted molar refractivity (Wildman–Crippen MR) is 81.5 cm³/mol. The molecule has 122 valence electrons. The lowest BCUT2D eigenvalue weighted by atomic mass is 10.1. The molecule has 1 fully saturated rings. The van der Waals surface area contributed by atoms with Crippen molar-refractivity contribution in [2.24, 2.45) is 0 Å². The summed E-state index contributed by atoms with van der Waals surface area (Å²) < 4.78 is 18.6. The zero-order valence-electron chi connectivity index (χ0n) is 12.9. The van der Waals surface area contributed by atoms with E-state index in [0.717, 1.165) is 44.8 Å². The van der Waals surface area contributed by atoms with Gasteiger partial charge in [-0.05, 0) is 30.7 Å². The molecule has 1 aromatic rings. The average molecular weight is 310 g/mol. The van der Waals surface area contributed by atoms with Crippen LogP contribution in [0.2, 0.25) is 0 Å². The van der Waals surface area contributed by atoms with Crippen molar-refractivity contribution in [3.8, 4) is 5.75 Å². The van der Waals surface area contributed by atoms with Crippen LogP contribution >= 0.6 is 0 Å². The van der Waals surface area contributed by atoms with E-state index in [4.69, 9.17) is 9.84 Å². The Morgan fingerprint density at radius 2 is 1.95 bits per heavy atom. The van der Waals surface area contributed by atoms with Gasteiger partial charge in [0.25, 0.3) is 0 Å². The number of piperazine rings is 1. The minimum Gasteiger partial charge on any atom is -0.494 e. The second kappa shape index (κ2) is 8.10. The van der Waals surface area contributed by atoms with Gasteiger partial charge < -0.3 is 14.7 Å². The third-order valence-electron chi connectivity index (χ3n) is 3.95. The zero-order valence-corrected chi connectivity index (χ0v) is 12.9. The highest BCUT2D eigenvalue weighted by Crippen LogP contribution is 2.19. The molecule has 2 rings (SSSR count). The molecule has 0 saturated carbocycles. The van der Waals surface area contributed by atoms with Gasteiger partial charge in [-0.3, -0.25) is 9.69 Å². The maximum absolute atomic E-state index is 13.7. The van der Waals surface area contributed by atoms with Crippen LogP contribution in [0.15, 0.2) is 18.2 Å². The zero-order chi connectivity index (χ0) is 15.9. The third kappa shape index (κ3) is 4.96. The van der Waals surface area contributed by atoms with Gasteiger partial charge in [0.1, 0.15) is 0 Å². The van der Waals surface area contributed by atoms with Crippen LogP contribution in [0.25, 0.3) is 0 Å². The summed E-state index contributed by atoms with van der Waals surface area (Å²) in [6.07, 6.45) is 0.921. The molecule has 0 amide bonds. The molecule has 5 nitrogen and oxygen atoms in total. The molecular formula is C16H23FN2O3. The monoisotopic (exact) mass is 310 g/mol. The molecule has 0 bridgehead atoms. The highest BCUT2D eigenvalue weighted by Gasteiger charge is 2.17. The van der Waals surface area contributed by atoms with E-state index in [9.17, 15) is 9.18 Å². The molecule has 1 saturated heterocycles. The number of halogens is 1. The largest absolute Gasteiger partial charge is 0.494 e. The van der Waals surface area contributed by atoms with Crippen molar-refractivity contribution in [1.29, 1.82) is 0 Å². The molecule has 6 heteroatoms. The average Bonchev–Trinajstić information content (AvgIpc) is 2.49. The molecule has 0 spiro atoms.